The van der Waals surface area contributed by atoms with Crippen molar-refractivity contribution in [1.82, 2.24) is 15.2 Å². The summed E-state index contributed by atoms with van der Waals surface area (Å²) in [5.41, 5.74) is 1.26. The van der Waals surface area contributed by atoms with Gasteiger partial charge in [0.1, 0.15) is 0 Å². The molecule has 0 aliphatic carbocycles. The maximum absolute atomic E-state index is 12.2. The van der Waals surface area contributed by atoms with Crippen LogP contribution < -0.4 is 5.32 Å². The van der Waals surface area contributed by atoms with E-state index in [0.29, 0.717) is 22.1 Å². The molecule has 2 fully saturated rings. The molecule has 1 aromatic rings. The van der Waals surface area contributed by atoms with Gasteiger partial charge in [-0.1, -0.05) is 6.58 Å². The molecule has 0 spiro atoms. The van der Waals surface area contributed by atoms with Crippen LogP contribution in [0.15, 0.2) is 23.7 Å². The van der Waals surface area contributed by atoms with Crippen LogP contribution in [0.5, 0.6) is 0 Å². The number of nitrogens with zero attached hydrogens (tertiary/aromatic N) is 2. The fraction of sp³-hybridized carbons (Fsp3) is 0.429. The minimum atomic E-state index is -0.0582. The average Bonchev–Trinajstić information content (AvgIpc) is 3.00. The Hall–Kier alpha value is -1.33. The third-order valence-corrected chi connectivity index (χ3v) is 4.36. The summed E-state index contributed by atoms with van der Waals surface area (Å²) in [5.74, 6) is 0.553. The largest absolute Gasteiger partial charge is 0.348 e. The molecular weight excluding hydrogens is 258 g/mol. The molecular formula is C14H17N3OS. The Bertz CT molecular complexity index is 531. The van der Waals surface area contributed by atoms with Crippen LogP contribution in [0.1, 0.15) is 22.5 Å². The third kappa shape index (κ3) is 2.40. The number of hydrogen-bond donors (Lipinski definition) is 2. The summed E-state index contributed by atoms with van der Waals surface area (Å²) in [4.78, 5) is 19.5. The number of piperidine rings is 1. The average molecular weight is 275 g/mol. The number of rotatable bonds is 3. The monoisotopic (exact) mass is 275 g/mol. The van der Waals surface area contributed by atoms with Crippen molar-refractivity contribution in [1.29, 1.82) is 0 Å². The highest BCUT2D eigenvalue weighted by atomic mass is 32.1. The smallest absolute Gasteiger partial charge is 0.253 e. The summed E-state index contributed by atoms with van der Waals surface area (Å²) in [6, 6.07) is 2.03. The number of hydrogen-bond acceptors (Lipinski definition) is 4. The number of aromatic nitrogens is 1. The van der Waals surface area contributed by atoms with Crippen molar-refractivity contribution in [3.8, 4) is 0 Å². The fourth-order valence-electron chi connectivity index (χ4n) is 2.94. The third-order valence-electron chi connectivity index (χ3n) is 4.00. The van der Waals surface area contributed by atoms with E-state index in [0.717, 1.165) is 13.1 Å². The van der Waals surface area contributed by atoms with Gasteiger partial charge in [-0.05, 0) is 31.0 Å². The molecule has 2 aliphatic heterocycles. The number of carbonyl (C=O) groups is 1. The maximum atomic E-state index is 12.2. The van der Waals surface area contributed by atoms with E-state index in [2.05, 4.69) is 34.4 Å². The number of fused-ring (bicyclic) bond motifs is 2. The van der Waals surface area contributed by atoms with Crippen LogP contribution in [0.25, 0.3) is 6.08 Å². The number of pyridine rings is 1. The van der Waals surface area contributed by atoms with Crippen molar-refractivity contribution in [2.24, 2.45) is 5.92 Å². The van der Waals surface area contributed by atoms with Gasteiger partial charge in [0.15, 0.2) is 0 Å². The molecule has 2 bridgehead atoms. The molecule has 0 saturated carbocycles. The Balaban J connectivity index is 1.70. The van der Waals surface area contributed by atoms with Gasteiger partial charge in [0.2, 0.25) is 0 Å². The highest BCUT2D eigenvalue weighted by Crippen LogP contribution is 2.28. The number of thiol groups is 1. The fourth-order valence-corrected chi connectivity index (χ4v) is 3.23. The highest BCUT2D eigenvalue weighted by molar-refractivity contribution is 7.80. The first kappa shape index (κ1) is 12.7. The van der Waals surface area contributed by atoms with Crippen LogP contribution in [-0.2, 0) is 0 Å². The molecule has 5 heteroatoms. The lowest BCUT2D eigenvalue weighted by molar-refractivity contribution is 0.0924. The van der Waals surface area contributed by atoms with Crippen LogP contribution in [0.4, 0.5) is 0 Å². The van der Waals surface area contributed by atoms with Gasteiger partial charge in [-0.3, -0.25) is 9.78 Å². The molecule has 19 heavy (non-hydrogen) atoms. The van der Waals surface area contributed by atoms with E-state index in [1.807, 2.05) is 0 Å². The second-order valence-electron chi connectivity index (χ2n) is 5.22. The molecule has 1 aromatic heterocycles. The topological polar surface area (TPSA) is 45.2 Å². The van der Waals surface area contributed by atoms with Gasteiger partial charge in [0.05, 0.1) is 11.3 Å². The van der Waals surface area contributed by atoms with Crippen LogP contribution >= 0.6 is 12.6 Å². The predicted octanol–water partition coefficient (Wildman–Crippen LogP) is 1.45. The molecule has 3 rings (SSSR count). The van der Waals surface area contributed by atoms with E-state index in [1.165, 1.54) is 13.0 Å². The first-order valence-electron chi connectivity index (χ1n) is 6.52. The molecule has 100 valence electrons. The normalized spacial score (nSPS) is 28.4. The zero-order valence-corrected chi connectivity index (χ0v) is 11.6. The second-order valence-corrected chi connectivity index (χ2v) is 5.70. The quantitative estimate of drug-likeness (QED) is 0.821. The van der Waals surface area contributed by atoms with Crippen molar-refractivity contribution in [2.75, 3.05) is 19.6 Å². The molecule has 2 saturated heterocycles. The predicted molar refractivity (Wildman–Crippen MR) is 77.4 cm³/mol. The zero-order valence-electron chi connectivity index (χ0n) is 10.7. The molecule has 0 aromatic carbocycles. The lowest BCUT2D eigenvalue weighted by Gasteiger charge is -2.23. The van der Waals surface area contributed by atoms with Crippen molar-refractivity contribution in [3.63, 3.8) is 0 Å². The van der Waals surface area contributed by atoms with E-state index in [4.69, 9.17) is 0 Å². The zero-order chi connectivity index (χ0) is 13.4. The standard InChI is InChI=1S/C14H17N3OS/c1-2-11-13(19)5-10(6-15-11)14(18)16-12-8-17-4-3-9(12)7-17/h2,5-6,9,12,19H,1,3-4,7-8H2,(H,16,18). The number of carbonyl (C=O) groups excluding carboxylic acids is 1. The van der Waals surface area contributed by atoms with Crippen LogP contribution in [0.3, 0.4) is 0 Å². The Morgan fingerprint density at radius 2 is 2.42 bits per heavy atom. The maximum Gasteiger partial charge on any atom is 0.253 e. The van der Waals surface area contributed by atoms with E-state index in [1.54, 1.807) is 18.3 Å². The van der Waals surface area contributed by atoms with Gasteiger partial charge >= 0.3 is 0 Å². The van der Waals surface area contributed by atoms with Gasteiger partial charge in [0.25, 0.3) is 5.91 Å². The van der Waals surface area contributed by atoms with E-state index in [-0.39, 0.29) is 11.9 Å². The lowest BCUT2D eigenvalue weighted by Crippen LogP contribution is -2.43. The van der Waals surface area contributed by atoms with Crippen molar-refractivity contribution >= 4 is 24.6 Å². The molecule has 3 unspecified atom stereocenters. The molecule has 3 atom stereocenters. The first-order chi connectivity index (χ1) is 9.17. The Labute approximate surface area is 118 Å². The molecule has 0 radical (unpaired) electrons. The van der Waals surface area contributed by atoms with Gasteiger partial charge in [-0.2, -0.15) is 0 Å². The van der Waals surface area contributed by atoms with Crippen LogP contribution in [-0.4, -0.2) is 41.5 Å². The summed E-state index contributed by atoms with van der Waals surface area (Å²) in [5, 5.41) is 3.11. The minimum absolute atomic E-state index is 0.0582. The minimum Gasteiger partial charge on any atom is -0.348 e. The van der Waals surface area contributed by atoms with Gasteiger partial charge in [-0.25, -0.2) is 0 Å². The molecule has 1 amide bonds. The summed E-state index contributed by atoms with van der Waals surface area (Å²) < 4.78 is 0. The Morgan fingerprint density at radius 1 is 1.58 bits per heavy atom. The van der Waals surface area contributed by atoms with Crippen LogP contribution in [0.2, 0.25) is 0 Å². The Kier molecular flexibility index (Phi) is 3.33. The molecule has 4 nitrogen and oxygen atoms in total. The van der Waals surface area contributed by atoms with Crippen molar-refractivity contribution in [3.05, 3.63) is 30.1 Å². The molecule has 3 heterocycles. The summed E-state index contributed by atoms with van der Waals surface area (Å²) >= 11 is 4.31. The summed E-state index contributed by atoms with van der Waals surface area (Å²) in [6.07, 6.45) is 4.41. The SMILES string of the molecule is C=Cc1ncc(C(=O)NC2CN3CCC2C3)cc1S. The van der Waals surface area contributed by atoms with Gasteiger partial charge in [-0.15, -0.1) is 12.6 Å². The number of amides is 1. The molecule has 2 aliphatic rings. The van der Waals surface area contributed by atoms with E-state index < -0.39 is 0 Å². The van der Waals surface area contributed by atoms with Crippen molar-refractivity contribution in [2.45, 2.75) is 17.4 Å². The second kappa shape index (κ2) is 4.98. The van der Waals surface area contributed by atoms with E-state index in [9.17, 15) is 4.79 Å². The van der Waals surface area contributed by atoms with Crippen molar-refractivity contribution < 1.29 is 4.79 Å². The molecule has 1 N–H and O–H groups in total. The number of nitrogens with one attached hydrogen (secondary N) is 1. The van der Waals surface area contributed by atoms with Gasteiger partial charge in [0, 0.05) is 30.2 Å². The van der Waals surface area contributed by atoms with Gasteiger partial charge < -0.3 is 10.2 Å². The first-order valence-corrected chi connectivity index (χ1v) is 6.97. The highest BCUT2D eigenvalue weighted by Gasteiger charge is 2.38. The van der Waals surface area contributed by atoms with Crippen LogP contribution in [0, 0.1) is 5.92 Å². The Morgan fingerprint density at radius 3 is 3.00 bits per heavy atom. The summed E-state index contributed by atoms with van der Waals surface area (Å²) in [7, 11) is 0. The lowest BCUT2D eigenvalue weighted by atomic mass is 10.00. The summed E-state index contributed by atoms with van der Waals surface area (Å²) in [6.45, 7) is 6.93. The van der Waals surface area contributed by atoms with E-state index >= 15 is 0 Å².